The fourth-order valence-electron chi connectivity index (χ4n) is 1.28. The summed E-state index contributed by atoms with van der Waals surface area (Å²) in [6.07, 6.45) is 1.14. The highest BCUT2D eigenvalue weighted by Crippen LogP contribution is 2.49. The van der Waals surface area contributed by atoms with E-state index < -0.39 is 6.64 Å². The highest BCUT2D eigenvalue weighted by molar-refractivity contribution is 8.09. The van der Waals surface area contributed by atoms with E-state index in [2.05, 4.69) is 18.9 Å². The fraction of sp³-hybridized carbons (Fsp3) is 1.00. The van der Waals surface area contributed by atoms with Crippen LogP contribution in [0.15, 0.2) is 0 Å². The molecule has 0 bridgehead atoms. The van der Waals surface area contributed by atoms with E-state index >= 15 is 0 Å². The first-order valence-electron chi connectivity index (χ1n) is 4.78. The van der Waals surface area contributed by atoms with Gasteiger partial charge in [0.05, 0.1) is 13.2 Å². The zero-order chi connectivity index (χ0) is 9.90. The molecular formula is C8H18NO2PS. The van der Waals surface area contributed by atoms with Gasteiger partial charge >= 0.3 is 0 Å². The van der Waals surface area contributed by atoms with Crippen LogP contribution in [0, 0.1) is 5.92 Å². The van der Waals surface area contributed by atoms with Crippen molar-refractivity contribution in [2.75, 3.05) is 13.2 Å². The molecule has 13 heavy (non-hydrogen) atoms. The molecule has 0 aromatic heterocycles. The molecule has 78 valence electrons. The lowest BCUT2D eigenvalue weighted by molar-refractivity contribution is 0.266. The van der Waals surface area contributed by atoms with Crippen LogP contribution in [-0.4, -0.2) is 19.3 Å². The van der Waals surface area contributed by atoms with Gasteiger partial charge in [0.15, 0.2) is 0 Å². The molecule has 0 aromatic rings. The van der Waals surface area contributed by atoms with Crippen LogP contribution in [0.2, 0.25) is 0 Å². The van der Waals surface area contributed by atoms with Gasteiger partial charge in [0, 0.05) is 6.04 Å². The van der Waals surface area contributed by atoms with E-state index in [0.29, 0.717) is 25.2 Å². The molecule has 0 spiro atoms. The van der Waals surface area contributed by atoms with Gasteiger partial charge in [-0.15, -0.1) is 0 Å². The zero-order valence-corrected chi connectivity index (χ0v) is 10.2. The molecule has 0 aliphatic carbocycles. The molecule has 1 N–H and O–H groups in total. The maximum absolute atomic E-state index is 5.51. The summed E-state index contributed by atoms with van der Waals surface area (Å²) >= 11 is 5.27. The van der Waals surface area contributed by atoms with Crippen LogP contribution < -0.4 is 5.09 Å². The van der Waals surface area contributed by atoms with Crippen LogP contribution in [0.25, 0.3) is 0 Å². The standard InChI is InChI=1S/C8H18NO2PS/c1-4-7(3)8-6-11-12(13,9-8)10-5-2/h7-8H,4-6H2,1-3H3,(H,9,13)/t7?,8-,12?/m1/s1. The molecule has 0 amide bonds. The SMILES string of the molecule is CCOP1(=S)N[C@@H](C(C)CC)CO1. The van der Waals surface area contributed by atoms with Gasteiger partial charge in [-0.05, 0) is 24.6 Å². The lowest BCUT2D eigenvalue weighted by Crippen LogP contribution is -2.29. The lowest BCUT2D eigenvalue weighted by Gasteiger charge is -2.18. The molecule has 0 radical (unpaired) electrons. The largest absolute Gasteiger partial charge is 0.318 e. The van der Waals surface area contributed by atoms with Gasteiger partial charge in [-0.25, -0.2) is 5.09 Å². The van der Waals surface area contributed by atoms with E-state index in [9.17, 15) is 0 Å². The summed E-state index contributed by atoms with van der Waals surface area (Å²) in [7, 11) is 0. The monoisotopic (exact) mass is 223 g/mol. The molecule has 3 nitrogen and oxygen atoms in total. The second-order valence-electron chi connectivity index (χ2n) is 3.33. The highest BCUT2D eigenvalue weighted by atomic mass is 32.5. The van der Waals surface area contributed by atoms with Gasteiger partial charge in [0.2, 0.25) is 0 Å². The van der Waals surface area contributed by atoms with Crippen LogP contribution >= 0.6 is 6.64 Å². The van der Waals surface area contributed by atoms with Gasteiger partial charge in [-0.2, -0.15) is 0 Å². The molecule has 1 saturated heterocycles. The first-order valence-corrected chi connectivity index (χ1v) is 7.42. The summed E-state index contributed by atoms with van der Waals surface area (Å²) in [5.41, 5.74) is 0. The minimum atomic E-state index is -2.11. The molecular weight excluding hydrogens is 205 g/mol. The van der Waals surface area contributed by atoms with Crippen molar-refractivity contribution in [3.05, 3.63) is 0 Å². The zero-order valence-electron chi connectivity index (χ0n) is 8.45. The maximum atomic E-state index is 5.51. The molecule has 1 rings (SSSR count). The molecule has 1 fully saturated rings. The molecule has 5 heteroatoms. The second kappa shape index (κ2) is 4.85. The molecule has 1 aliphatic rings. The Balaban J connectivity index is 2.48. The van der Waals surface area contributed by atoms with Crippen LogP contribution in [0.1, 0.15) is 27.2 Å². The van der Waals surface area contributed by atoms with Crippen LogP contribution in [0.5, 0.6) is 0 Å². The Hall–Kier alpha value is 0.530. The van der Waals surface area contributed by atoms with E-state index in [4.69, 9.17) is 20.9 Å². The Kier molecular flexibility index (Phi) is 4.33. The van der Waals surface area contributed by atoms with Gasteiger partial charge in [-0.3, -0.25) is 0 Å². The van der Waals surface area contributed by atoms with Gasteiger partial charge in [0.25, 0.3) is 6.64 Å². The Morgan fingerprint density at radius 2 is 2.38 bits per heavy atom. The van der Waals surface area contributed by atoms with E-state index in [1.165, 1.54) is 0 Å². The normalized spacial score (nSPS) is 36.4. The third-order valence-electron chi connectivity index (χ3n) is 2.38. The number of hydrogen-bond acceptors (Lipinski definition) is 3. The third kappa shape index (κ3) is 3.00. The van der Waals surface area contributed by atoms with E-state index in [-0.39, 0.29) is 0 Å². The minimum absolute atomic E-state index is 0.377. The maximum Gasteiger partial charge on any atom is 0.261 e. The van der Waals surface area contributed by atoms with E-state index in [1.54, 1.807) is 0 Å². The summed E-state index contributed by atoms with van der Waals surface area (Å²) in [5.74, 6) is 0.602. The number of hydrogen-bond donors (Lipinski definition) is 1. The summed E-state index contributed by atoms with van der Waals surface area (Å²) in [4.78, 5) is 0. The molecule has 1 aliphatic heterocycles. The predicted molar refractivity (Wildman–Crippen MR) is 58.2 cm³/mol. The van der Waals surface area contributed by atoms with Gasteiger partial charge in [-0.1, -0.05) is 20.3 Å². The fourth-order valence-corrected chi connectivity index (χ4v) is 3.84. The van der Waals surface area contributed by atoms with Crippen molar-refractivity contribution in [3.8, 4) is 0 Å². The van der Waals surface area contributed by atoms with Gasteiger partial charge < -0.3 is 9.05 Å². The van der Waals surface area contributed by atoms with Crippen molar-refractivity contribution in [2.45, 2.75) is 33.2 Å². The number of nitrogens with one attached hydrogen (secondary N) is 1. The Morgan fingerprint density at radius 3 is 2.92 bits per heavy atom. The Bertz CT molecular complexity index is 212. The van der Waals surface area contributed by atoms with E-state index in [0.717, 1.165) is 6.42 Å². The molecule has 0 aromatic carbocycles. The summed E-state index contributed by atoms with van der Waals surface area (Å²) in [5, 5.41) is 3.30. The van der Waals surface area contributed by atoms with Crippen molar-refractivity contribution in [3.63, 3.8) is 0 Å². The van der Waals surface area contributed by atoms with Crippen LogP contribution in [0.4, 0.5) is 0 Å². The predicted octanol–water partition coefficient (Wildman–Crippen LogP) is 2.28. The first kappa shape index (κ1) is 11.6. The lowest BCUT2D eigenvalue weighted by atomic mass is 10.0. The smallest absolute Gasteiger partial charge is 0.261 e. The van der Waals surface area contributed by atoms with Crippen molar-refractivity contribution in [1.82, 2.24) is 5.09 Å². The Labute approximate surface area is 85.4 Å². The highest BCUT2D eigenvalue weighted by Gasteiger charge is 2.33. The van der Waals surface area contributed by atoms with Crippen molar-refractivity contribution in [2.24, 2.45) is 5.92 Å². The van der Waals surface area contributed by atoms with Crippen molar-refractivity contribution >= 4 is 18.4 Å². The summed E-state index contributed by atoms with van der Waals surface area (Å²) in [6.45, 7) is 5.54. The number of rotatable bonds is 4. The average molecular weight is 223 g/mol. The van der Waals surface area contributed by atoms with Crippen molar-refractivity contribution in [1.29, 1.82) is 0 Å². The van der Waals surface area contributed by atoms with Crippen LogP contribution in [0.3, 0.4) is 0 Å². The second-order valence-corrected chi connectivity index (χ2v) is 6.54. The van der Waals surface area contributed by atoms with Gasteiger partial charge in [0.1, 0.15) is 0 Å². The third-order valence-corrected chi connectivity index (χ3v) is 5.06. The van der Waals surface area contributed by atoms with Crippen molar-refractivity contribution < 1.29 is 9.05 Å². The summed E-state index contributed by atoms with van der Waals surface area (Å²) in [6, 6.07) is 0.377. The molecule has 1 heterocycles. The molecule has 0 saturated carbocycles. The summed E-state index contributed by atoms with van der Waals surface area (Å²) < 4.78 is 10.9. The quantitative estimate of drug-likeness (QED) is 0.741. The molecule has 2 unspecified atom stereocenters. The minimum Gasteiger partial charge on any atom is -0.318 e. The van der Waals surface area contributed by atoms with E-state index in [1.807, 2.05) is 6.92 Å². The van der Waals surface area contributed by atoms with Crippen LogP contribution in [-0.2, 0) is 20.9 Å². The molecule has 3 atom stereocenters. The average Bonchev–Trinajstić information content (AvgIpc) is 2.47. The Morgan fingerprint density at radius 1 is 1.69 bits per heavy atom. The topological polar surface area (TPSA) is 30.5 Å². The first-order chi connectivity index (χ1) is 6.11.